The summed E-state index contributed by atoms with van der Waals surface area (Å²) in [6, 6.07) is 8.77. The van der Waals surface area contributed by atoms with Crippen molar-refractivity contribution in [2.24, 2.45) is 0 Å². The second-order valence-corrected chi connectivity index (χ2v) is 4.09. The van der Waals surface area contributed by atoms with Gasteiger partial charge in [-0.3, -0.25) is 0 Å². The summed E-state index contributed by atoms with van der Waals surface area (Å²) >= 11 is 11.9. The van der Waals surface area contributed by atoms with Gasteiger partial charge in [0.05, 0.1) is 5.02 Å². The van der Waals surface area contributed by atoms with Crippen molar-refractivity contribution in [3.8, 4) is 17.2 Å². The molecule has 0 fully saturated rings. The monoisotopic (exact) mass is 251 g/mol. The number of nitrogens with two attached hydrogens (primary N) is 1. The normalized spacial score (nSPS) is 10.1. The molecule has 0 bridgehead atoms. The van der Waals surface area contributed by atoms with Gasteiger partial charge in [0.15, 0.2) is 0 Å². The van der Waals surface area contributed by atoms with E-state index < -0.39 is 0 Å². The third kappa shape index (κ3) is 1.85. The Morgan fingerprint density at radius 3 is 2.50 bits per heavy atom. The van der Waals surface area contributed by atoms with Crippen LogP contribution in [0.3, 0.4) is 0 Å². The Morgan fingerprint density at radius 1 is 1.19 bits per heavy atom. The van der Waals surface area contributed by atoms with Crippen LogP contribution in [0, 0.1) is 11.3 Å². The molecule has 0 aliphatic rings. The lowest BCUT2D eigenvalue weighted by atomic mass is 10.1. The lowest BCUT2D eigenvalue weighted by molar-refractivity contribution is 1.34. The molecule has 0 atom stereocenters. The highest BCUT2D eigenvalue weighted by Crippen LogP contribution is 2.34. The SMILES string of the molecule is N#Cc1cc(-c2ccc(Cl)cc2Cl)c(N)[nH]1. The predicted octanol–water partition coefficient (Wildman–Crippen LogP) is 3.44. The molecule has 1 aromatic carbocycles. The number of hydrogen-bond acceptors (Lipinski definition) is 2. The van der Waals surface area contributed by atoms with Crippen molar-refractivity contribution in [2.45, 2.75) is 0 Å². The number of halogens is 2. The van der Waals surface area contributed by atoms with Gasteiger partial charge in [-0.25, -0.2) is 0 Å². The van der Waals surface area contributed by atoms with Crippen LogP contribution < -0.4 is 5.73 Å². The van der Waals surface area contributed by atoms with E-state index >= 15 is 0 Å². The van der Waals surface area contributed by atoms with Crippen LogP contribution in [0.2, 0.25) is 10.0 Å². The number of nitrogen functional groups attached to an aromatic ring is 1. The van der Waals surface area contributed by atoms with Gasteiger partial charge in [0.25, 0.3) is 0 Å². The Balaban J connectivity index is 2.59. The highest BCUT2D eigenvalue weighted by atomic mass is 35.5. The van der Waals surface area contributed by atoms with Gasteiger partial charge in [0, 0.05) is 16.1 Å². The molecule has 16 heavy (non-hydrogen) atoms. The number of hydrogen-bond donors (Lipinski definition) is 2. The summed E-state index contributed by atoms with van der Waals surface area (Å²) in [6.07, 6.45) is 0. The van der Waals surface area contributed by atoms with Gasteiger partial charge >= 0.3 is 0 Å². The van der Waals surface area contributed by atoms with E-state index in [1.165, 1.54) is 0 Å². The number of aromatic amines is 1. The number of nitriles is 1. The third-order valence-electron chi connectivity index (χ3n) is 2.19. The molecule has 2 aromatic rings. The van der Waals surface area contributed by atoms with Gasteiger partial charge in [-0.05, 0) is 18.2 Å². The van der Waals surface area contributed by atoms with E-state index in [2.05, 4.69) is 4.98 Å². The van der Waals surface area contributed by atoms with Crippen LogP contribution in [0.5, 0.6) is 0 Å². The fourth-order valence-electron chi connectivity index (χ4n) is 1.46. The molecule has 5 heteroatoms. The van der Waals surface area contributed by atoms with Crippen LogP contribution in [0.25, 0.3) is 11.1 Å². The van der Waals surface area contributed by atoms with Gasteiger partial charge in [0.1, 0.15) is 17.6 Å². The number of benzene rings is 1. The summed E-state index contributed by atoms with van der Waals surface area (Å²) in [7, 11) is 0. The lowest BCUT2D eigenvalue weighted by Gasteiger charge is -2.03. The minimum Gasteiger partial charge on any atom is -0.385 e. The first-order valence-corrected chi connectivity index (χ1v) is 5.21. The van der Waals surface area contributed by atoms with Crippen LogP contribution in [-0.4, -0.2) is 4.98 Å². The largest absolute Gasteiger partial charge is 0.385 e. The summed E-state index contributed by atoms with van der Waals surface area (Å²) in [5.41, 5.74) is 7.62. The quantitative estimate of drug-likeness (QED) is 0.816. The lowest BCUT2D eigenvalue weighted by Crippen LogP contribution is -1.88. The van der Waals surface area contributed by atoms with Gasteiger partial charge in [-0.2, -0.15) is 5.26 Å². The van der Waals surface area contributed by atoms with Crippen molar-refractivity contribution in [2.75, 3.05) is 5.73 Å². The van der Waals surface area contributed by atoms with Crippen LogP contribution in [-0.2, 0) is 0 Å². The summed E-state index contributed by atoms with van der Waals surface area (Å²) < 4.78 is 0. The molecule has 0 saturated carbocycles. The van der Waals surface area contributed by atoms with E-state index in [9.17, 15) is 0 Å². The van der Waals surface area contributed by atoms with E-state index in [4.69, 9.17) is 34.2 Å². The van der Waals surface area contributed by atoms with E-state index in [-0.39, 0.29) is 0 Å². The molecule has 80 valence electrons. The molecule has 3 nitrogen and oxygen atoms in total. The van der Waals surface area contributed by atoms with E-state index in [1.54, 1.807) is 24.3 Å². The number of anilines is 1. The minimum absolute atomic E-state index is 0.401. The number of aromatic nitrogens is 1. The minimum atomic E-state index is 0.401. The molecule has 0 aliphatic heterocycles. The molecule has 2 rings (SSSR count). The molecule has 1 heterocycles. The number of H-pyrrole nitrogens is 1. The predicted molar refractivity (Wildman–Crippen MR) is 65.4 cm³/mol. The summed E-state index contributed by atoms with van der Waals surface area (Å²) in [4.78, 5) is 2.76. The van der Waals surface area contributed by atoms with Crippen LogP contribution in [0.4, 0.5) is 5.82 Å². The molecule has 0 aliphatic carbocycles. The third-order valence-corrected chi connectivity index (χ3v) is 2.74. The highest BCUT2D eigenvalue weighted by Gasteiger charge is 2.10. The van der Waals surface area contributed by atoms with E-state index in [0.29, 0.717) is 27.1 Å². The molecule has 3 N–H and O–H groups in total. The molecule has 0 unspecified atom stereocenters. The number of rotatable bonds is 1. The molecule has 0 radical (unpaired) electrons. The smallest absolute Gasteiger partial charge is 0.119 e. The number of nitrogens with one attached hydrogen (secondary N) is 1. The zero-order valence-electron chi connectivity index (χ0n) is 8.09. The highest BCUT2D eigenvalue weighted by molar-refractivity contribution is 6.36. The van der Waals surface area contributed by atoms with Crippen molar-refractivity contribution < 1.29 is 0 Å². The zero-order chi connectivity index (χ0) is 11.7. The van der Waals surface area contributed by atoms with Gasteiger partial charge in [-0.1, -0.05) is 29.3 Å². The molecule has 0 saturated heterocycles. The molecular weight excluding hydrogens is 245 g/mol. The Kier molecular flexibility index (Phi) is 2.78. The average Bonchev–Trinajstić information content (AvgIpc) is 2.60. The average molecular weight is 252 g/mol. The Morgan fingerprint density at radius 2 is 1.94 bits per heavy atom. The molecule has 1 aromatic heterocycles. The van der Waals surface area contributed by atoms with Crippen molar-refractivity contribution in [1.82, 2.24) is 4.98 Å². The Labute approximate surface area is 102 Å². The molecule has 0 spiro atoms. The zero-order valence-corrected chi connectivity index (χ0v) is 9.60. The maximum atomic E-state index is 8.74. The van der Waals surface area contributed by atoms with Crippen molar-refractivity contribution in [3.05, 3.63) is 40.0 Å². The van der Waals surface area contributed by atoms with Gasteiger partial charge in [-0.15, -0.1) is 0 Å². The second kappa shape index (κ2) is 4.09. The van der Waals surface area contributed by atoms with Crippen LogP contribution in [0.1, 0.15) is 5.69 Å². The fourth-order valence-corrected chi connectivity index (χ4v) is 1.97. The van der Waals surface area contributed by atoms with E-state index in [1.807, 2.05) is 6.07 Å². The first kappa shape index (κ1) is 10.9. The van der Waals surface area contributed by atoms with Gasteiger partial charge < -0.3 is 10.7 Å². The Hall–Kier alpha value is -1.63. The molecule has 0 amide bonds. The maximum absolute atomic E-state index is 8.74. The summed E-state index contributed by atoms with van der Waals surface area (Å²) in [5, 5.41) is 9.81. The second-order valence-electron chi connectivity index (χ2n) is 3.25. The van der Waals surface area contributed by atoms with Crippen molar-refractivity contribution in [1.29, 1.82) is 5.26 Å². The summed E-state index contributed by atoms with van der Waals surface area (Å²) in [6.45, 7) is 0. The van der Waals surface area contributed by atoms with Crippen LogP contribution >= 0.6 is 23.2 Å². The first-order chi connectivity index (χ1) is 7.61. The fraction of sp³-hybridized carbons (Fsp3) is 0. The van der Waals surface area contributed by atoms with Gasteiger partial charge in [0.2, 0.25) is 0 Å². The molecular formula is C11H7Cl2N3. The first-order valence-electron chi connectivity index (χ1n) is 4.46. The van der Waals surface area contributed by atoms with Crippen molar-refractivity contribution >= 4 is 29.0 Å². The van der Waals surface area contributed by atoms with E-state index in [0.717, 1.165) is 5.56 Å². The van der Waals surface area contributed by atoms with Crippen molar-refractivity contribution in [3.63, 3.8) is 0 Å². The summed E-state index contributed by atoms with van der Waals surface area (Å²) in [5.74, 6) is 0.417. The standard InChI is InChI=1S/C11H7Cl2N3/c12-6-1-2-8(10(13)3-6)9-4-7(5-14)16-11(9)15/h1-4,16H,15H2. The Bertz CT molecular complexity index is 581. The topological polar surface area (TPSA) is 65.6 Å². The van der Waals surface area contributed by atoms with Crippen LogP contribution in [0.15, 0.2) is 24.3 Å². The number of nitrogens with zero attached hydrogens (tertiary/aromatic N) is 1. The maximum Gasteiger partial charge on any atom is 0.119 e.